The van der Waals surface area contributed by atoms with Gasteiger partial charge < -0.3 is 5.32 Å². The standard InChI is InChI=1S/C16H17BrFNO/c1-2-5-11(17)10-19-16(20)14-8-9-15(18)13-7-4-3-6-12(13)14/h3-4,6-9,11H,2,5,10H2,1H3,(H,19,20). The second-order valence-corrected chi connectivity index (χ2v) is 6.03. The number of fused-ring (bicyclic) bond motifs is 1. The second kappa shape index (κ2) is 6.84. The Kier molecular flexibility index (Phi) is 5.12. The molecule has 2 rings (SSSR count). The molecule has 0 spiro atoms. The molecule has 106 valence electrons. The van der Waals surface area contributed by atoms with Gasteiger partial charge in [-0.2, -0.15) is 0 Å². The van der Waals surface area contributed by atoms with Crippen molar-refractivity contribution in [1.29, 1.82) is 0 Å². The van der Waals surface area contributed by atoms with Crippen LogP contribution in [0, 0.1) is 5.82 Å². The lowest BCUT2D eigenvalue weighted by Crippen LogP contribution is -2.29. The zero-order valence-corrected chi connectivity index (χ0v) is 12.9. The van der Waals surface area contributed by atoms with Crippen LogP contribution in [-0.2, 0) is 0 Å². The van der Waals surface area contributed by atoms with E-state index >= 15 is 0 Å². The predicted molar refractivity (Wildman–Crippen MR) is 83.9 cm³/mol. The van der Waals surface area contributed by atoms with E-state index in [2.05, 4.69) is 28.2 Å². The van der Waals surface area contributed by atoms with Crippen molar-refractivity contribution in [2.75, 3.05) is 6.54 Å². The number of hydrogen-bond acceptors (Lipinski definition) is 1. The summed E-state index contributed by atoms with van der Waals surface area (Å²) in [6, 6.07) is 9.91. The summed E-state index contributed by atoms with van der Waals surface area (Å²) in [5.74, 6) is -0.469. The number of carbonyl (C=O) groups is 1. The van der Waals surface area contributed by atoms with Gasteiger partial charge in [0.25, 0.3) is 5.91 Å². The van der Waals surface area contributed by atoms with Crippen molar-refractivity contribution in [1.82, 2.24) is 5.32 Å². The summed E-state index contributed by atoms with van der Waals surface area (Å²) in [5.41, 5.74) is 0.512. The van der Waals surface area contributed by atoms with E-state index in [0.717, 1.165) is 12.8 Å². The Balaban J connectivity index is 2.20. The molecule has 0 radical (unpaired) electrons. The van der Waals surface area contributed by atoms with Crippen LogP contribution in [0.1, 0.15) is 30.1 Å². The predicted octanol–water partition coefficient (Wildman–Crippen LogP) is 4.27. The molecule has 2 aromatic rings. The topological polar surface area (TPSA) is 29.1 Å². The van der Waals surface area contributed by atoms with Gasteiger partial charge >= 0.3 is 0 Å². The SMILES string of the molecule is CCCC(Br)CNC(=O)c1ccc(F)c2ccccc12. The van der Waals surface area contributed by atoms with Crippen molar-refractivity contribution >= 4 is 32.6 Å². The number of alkyl halides is 1. The third-order valence-corrected chi connectivity index (χ3v) is 3.98. The third-order valence-electron chi connectivity index (χ3n) is 3.20. The van der Waals surface area contributed by atoms with Gasteiger partial charge in [-0.25, -0.2) is 4.39 Å². The van der Waals surface area contributed by atoms with Crippen LogP contribution in [0.2, 0.25) is 0 Å². The van der Waals surface area contributed by atoms with Gasteiger partial charge in [0.05, 0.1) is 0 Å². The van der Waals surface area contributed by atoms with Crippen molar-refractivity contribution in [2.24, 2.45) is 0 Å². The smallest absolute Gasteiger partial charge is 0.251 e. The Morgan fingerprint density at radius 2 is 1.95 bits per heavy atom. The maximum absolute atomic E-state index is 13.7. The van der Waals surface area contributed by atoms with Crippen molar-refractivity contribution in [2.45, 2.75) is 24.6 Å². The van der Waals surface area contributed by atoms with Crippen LogP contribution in [-0.4, -0.2) is 17.3 Å². The van der Waals surface area contributed by atoms with Crippen molar-refractivity contribution in [3.8, 4) is 0 Å². The van der Waals surface area contributed by atoms with Crippen LogP contribution in [0.3, 0.4) is 0 Å². The van der Waals surface area contributed by atoms with Gasteiger partial charge in [-0.1, -0.05) is 53.5 Å². The first-order chi connectivity index (χ1) is 9.63. The number of hydrogen-bond donors (Lipinski definition) is 1. The minimum absolute atomic E-state index is 0.165. The molecule has 1 amide bonds. The van der Waals surface area contributed by atoms with Crippen molar-refractivity contribution in [3.63, 3.8) is 0 Å². The molecule has 0 fully saturated rings. The van der Waals surface area contributed by atoms with Gasteiger partial charge in [0.15, 0.2) is 0 Å². The number of rotatable bonds is 5. The Morgan fingerprint density at radius 3 is 2.65 bits per heavy atom. The van der Waals surface area contributed by atoms with Crippen LogP contribution in [0.15, 0.2) is 36.4 Å². The summed E-state index contributed by atoms with van der Waals surface area (Å²) in [6.45, 7) is 2.67. The molecule has 1 unspecified atom stereocenters. The van der Waals surface area contributed by atoms with Gasteiger partial charge in [0.2, 0.25) is 0 Å². The van der Waals surface area contributed by atoms with E-state index in [1.165, 1.54) is 12.1 Å². The molecule has 0 aliphatic carbocycles. The van der Waals surface area contributed by atoms with E-state index in [1.54, 1.807) is 18.2 Å². The van der Waals surface area contributed by atoms with Crippen LogP contribution < -0.4 is 5.32 Å². The lowest BCUT2D eigenvalue weighted by molar-refractivity contribution is 0.0955. The minimum atomic E-state index is -0.304. The lowest BCUT2D eigenvalue weighted by Gasteiger charge is -2.11. The molecule has 4 heteroatoms. The first kappa shape index (κ1) is 15.0. The van der Waals surface area contributed by atoms with Gasteiger partial charge in [0.1, 0.15) is 5.82 Å². The number of nitrogens with one attached hydrogen (secondary N) is 1. The first-order valence-electron chi connectivity index (χ1n) is 6.73. The summed E-state index contributed by atoms with van der Waals surface area (Å²) in [7, 11) is 0. The van der Waals surface area contributed by atoms with Gasteiger partial charge in [-0.3, -0.25) is 4.79 Å². The van der Waals surface area contributed by atoms with Gasteiger partial charge in [-0.05, 0) is 23.9 Å². The quantitative estimate of drug-likeness (QED) is 0.811. The molecular formula is C16H17BrFNO. The third kappa shape index (κ3) is 3.37. The van der Waals surface area contributed by atoms with E-state index in [-0.39, 0.29) is 16.6 Å². The Hall–Kier alpha value is -1.42. The average molecular weight is 338 g/mol. The van der Waals surface area contributed by atoms with E-state index in [0.29, 0.717) is 22.9 Å². The molecule has 1 atom stereocenters. The van der Waals surface area contributed by atoms with Gasteiger partial charge in [0, 0.05) is 22.3 Å². The average Bonchev–Trinajstić information content (AvgIpc) is 2.46. The Labute approximate surface area is 126 Å². The molecule has 0 aliphatic rings. The summed E-state index contributed by atoms with van der Waals surface area (Å²) < 4.78 is 13.7. The highest BCUT2D eigenvalue weighted by atomic mass is 79.9. The van der Waals surface area contributed by atoms with E-state index in [4.69, 9.17) is 0 Å². The molecule has 0 heterocycles. The van der Waals surface area contributed by atoms with Crippen molar-refractivity contribution in [3.05, 3.63) is 47.8 Å². The molecule has 0 saturated carbocycles. The highest BCUT2D eigenvalue weighted by molar-refractivity contribution is 9.09. The number of carbonyl (C=O) groups excluding carboxylic acids is 1. The number of benzene rings is 2. The van der Waals surface area contributed by atoms with Crippen LogP contribution in [0.5, 0.6) is 0 Å². The Bertz CT molecular complexity index is 614. The molecular weight excluding hydrogens is 321 g/mol. The molecule has 1 N–H and O–H groups in total. The van der Waals surface area contributed by atoms with Gasteiger partial charge in [-0.15, -0.1) is 0 Å². The minimum Gasteiger partial charge on any atom is -0.351 e. The van der Waals surface area contributed by atoms with E-state index < -0.39 is 0 Å². The molecule has 0 aliphatic heterocycles. The largest absolute Gasteiger partial charge is 0.351 e. The monoisotopic (exact) mass is 337 g/mol. The second-order valence-electron chi connectivity index (χ2n) is 4.74. The fourth-order valence-corrected chi connectivity index (χ4v) is 2.79. The highest BCUT2D eigenvalue weighted by Gasteiger charge is 2.13. The fraction of sp³-hybridized carbons (Fsp3) is 0.312. The lowest BCUT2D eigenvalue weighted by atomic mass is 10.0. The molecule has 0 aromatic heterocycles. The molecule has 2 aromatic carbocycles. The van der Waals surface area contributed by atoms with E-state index in [1.807, 2.05) is 6.07 Å². The zero-order valence-electron chi connectivity index (χ0n) is 11.3. The molecule has 20 heavy (non-hydrogen) atoms. The summed E-state index contributed by atoms with van der Waals surface area (Å²) in [6.07, 6.45) is 2.07. The highest BCUT2D eigenvalue weighted by Crippen LogP contribution is 2.21. The first-order valence-corrected chi connectivity index (χ1v) is 7.64. The molecule has 2 nitrogen and oxygen atoms in total. The zero-order chi connectivity index (χ0) is 14.5. The van der Waals surface area contributed by atoms with Crippen LogP contribution >= 0.6 is 15.9 Å². The Morgan fingerprint density at radius 1 is 1.25 bits per heavy atom. The summed E-state index contributed by atoms with van der Waals surface area (Å²) in [4.78, 5) is 12.5. The molecule has 0 saturated heterocycles. The maximum Gasteiger partial charge on any atom is 0.251 e. The van der Waals surface area contributed by atoms with Crippen LogP contribution in [0.4, 0.5) is 4.39 Å². The molecule has 0 bridgehead atoms. The summed E-state index contributed by atoms with van der Waals surface area (Å²) in [5, 5.41) is 4.01. The normalized spacial score (nSPS) is 12.3. The summed E-state index contributed by atoms with van der Waals surface area (Å²) >= 11 is 3.53. The number of amides is 1. The van der Waals surface area contributed by atoms with E-state index in [9.17, 15) is 9.18 Å². The maximum atomic E-state index is 13.7. The van der Waals surface area contributed by atoms with Crippen LogP contribution in [0.25, 0.3) is 10.8 Å². The van der Waals surface area contributed by atoms with Crippen molar-refractivity contribution < 1.29 is 9.18 Å². The number of halogens is 2. The fourth-order valence-electron chi connectivity index (χ4n) is 2.17.